The highest BCUT2D eigenvalue weighted by atomic mass is 35.5. The smallest absolute Gasteiger partial charge is 0.165 e. The van der Waals surface area contributed by atoms with E-state index >= 15 is 0 Å². The Balaban J connectivity index is 2.12. The van der Waals surface area contributed by atoms with Crippen LogP contribution in [0.15, 0.2) is 42.7 Å². The molecule has 0 aliphatic carbocycles. The number of terminal acetylenes is 1. The summed E-state index contributed by atoms with van der Waals surface area (Å²) in [7, 11) is 0. The molecule has 0 unspecified atom stereocenters. The highest BCUT2D eigenvalue weighted by Crippen LogP contribution is 2.28. The number of benzene rings is 2. The van der Waals surface area contributed by atoms with E-state index in [-0.39, 0.29) is 10.7 Å². The molecule has 0 saturated heterocycles. The van der Waals surface area contributed by atoms with Gasteiger partial charge in [-0.15, -0.1) is 6.42 Å². The van der Waals surface area contributed by atoms with Crippen molar-refractivity contribution in [2.75, 3.05) is 5.32 Å². The predicted octanol–water partition coefficient (Wildman–Crippen LogP) is 4.15. The lowest BCUT2D eigenvalue weighted by molar-refractivity contribution is 0.632. The minimum absolute atomic E-state index is 0.0441. The Morgan fingerprint density at radius 3 is 2.86 bits per heavy atom. The van der Waals surface area contributed by atoms with Crippen LogP contribution >= 0.6 is 11.6 Å². The van der Waals surface area contributed by atoms with Crippen LogP contribution in [0, 0.1) is 18.2 Å². The van der Waals surface area contributed by atoms with Crippen molar-refractivity contribution in [1.82, 2.24) is 9.97 Å². The maximum absolute atomic E-state index is 14.0. The van der Waals surface area contributed by atoms with Gasteiger partial charge in [-0.2, -0.15) is 0 Å². The number of halogens is 2. The van der Waals surface area contributed by atoms with E-state index in [4.69, 9.17) is 18.0 Å². The second kappa shape index (κ2) is 5.39. The van der Waals surface area contributed by atoms with Gasteiger partial charge in [0.25, 0.3) is 0 Å². The van der Waals surface area contributed by atoms with Crippen molar-refractivity contribution in [3.63, 3.8) is 0 Å². The number of anilines is 2. The Bertz CT molecular complexity index is 871. The zero-order valence-electron chi connectivity index (χ0n) is 10.8. The van der Waals surface area contributed by atoms with E-state index in [0.717, 1.165) is 0 Å². The van der Waals surface area contributed by atoms with Crippen LogP contribution in [0.1, 0.15) is 5.56 Å². The third kappa shape index (κ3) is 2.51. The van der Waals surface area contributed by atoms with E-state index < -0.39 is 5.82 Å². The zero-order chi connectivity index (χ0) is 14.8. The fraction of sp³-hybridized carbons (Fsp3) is 0. The monoisotopic (exact) mass is 297 g/mol. The first-order valence-electron chi connectivity index (χ1n) is 6.11. The van der Waals surface area contributed by atoms with Crippen LogP contribution in [0.3, 0.4) is 0 Å². The van der Waals surface area contributed by atoms with Gasteiger partial charge in [-0.1, -0.05) is 23.6 Å². The Labute approximate surface area is 125 Å². The first-order chi connectivity index (χ1) is 10.2. The van der Waals surface area contributed by atoms with Gasteiger partial charge in [0.1, 0.15) is 12.1 Å². The number of rotatable bonds is 2. The van der Waals surface area contributed by atoms with Crippen molar-refractivity contribution in [3.05, 3.63) is 59.1 Å². The molecular weight excluding hydrogens is 289 g/mol. The molecule has 102 valence electrons. The van der Waals surface area contributed by atoms with E-state index in [9.17, 15) is 4.39 Å². The van der Waals surface area contributed by atoms with Crippen LogP contribution in [0.25, 0.3) is 10.9 Å². The third-order valence-electron chi connectivity index (χ3n) is 3.01. The molecule has 3 nitrogen and oxygen atoms in total. The van der Waals surface area contributed by atoms with E-state index in [0.29, 0.717) is 22.3 Å². The van der Waals surface area contributed by atoms with Gasteiger partial charge in [0, 0.05) is 10.9 Å². The van der Waals surface area contributed by atoms with Gasteiger partial charge in [-0.3, -0.25) is 0 Å². The molecular formula is C16H9ClFN3. The van der Waals surface area contributed by atoms with Crippen LogP contribution in [-0.2, 0) is 0 Å². The van der Waals surface area contributed by atoms with Gasteiger partial charge in [0.2, 0.25) is 0 Å². The standard InChI is InChI=1S/C16H9ClFN3/c1-2-10-6-7-13-11(8-10)16(20-9-19-13)21-14-5-3-4-12(17)15(14)18/h1,3-9H,(H,19,20,21). The van der Waals surface area contributed by atoms with E-state index in [2.05, 4.69) is 21.2 Å². The Morgan fingerprint density at radius 2 is 2.05 bits per heavy atom. The van der Waals surface area contributed by atoms with Crippen molar-refractivity contribution in [2.24, 2.45) is 0 Å². The molecule has 0 aliphatic rings. The normalized spacial score (nSPS) is 10.3. The number of fused-ring (bicyclic) bond motifs is 1. The fourth-order valence-electron chi connectivity index (χ4n) is 1.97. The summed E-state index contributed by atoms with van der Waals surface area (Å²) in [6.07, 6.45) is 6.80. The number of hydrogen-bond acceptors (Lipinski definition) is 3. The molecule has 3 aromatic rings. The summed E-state index contributed by atoms with van der Waals surface area (Å²) in [5.74, 6) is 2.49. The van der Waals surface area contributed by atoms with Crippen molar-refractivity contribution in [1.29, 1.82) is 0 Å². The Kier molecular flexibility index (Phi) is 3.43. The molecule has 0 fully saturated rings. The highest BCUT2D eigenvalue weighted by molar-refractivity contribution is 6.31. The van der Waals surface area contributed by atoms with Gasteiger partial charge >= 0.3 is 0 Å². The van der Waals surface area contributed by atoms with Crippen molar-refractivity contribution in [2.45, 2.75) is 0 Å². The summed E-state index contributed by atoms with van der Waals surface area (Å²) in [5, 5.41) is 3.69. The van der Waals surface area contributed by atoms with Crippen LogP contribution < -0.4 is 5.32 Å². The predicted molar refractivity (Wildman–Crippen MR) is 82.2 cm³/mol. The summed E-state index contributed by atoms with van der Waals surface area (Å²) >= 11 is 5.77. The molecule has 0 atom stereocenters. The van der Waals surface area contributed by atoms with E-state index in [1.165, 1.54) is 12.4 Å². The lowest BCUT2D eigenvalue weighted by Crippen LogP contribution is -1.98. The summed E-state index contributed by atoms with van der Waals surface area (Å²) in [6, 6.07) is 10.1. The van der Waals surface area contributed by atoms with Crippen molar-refractivity contribution < 1.29 is 4.39 Å². The number of nitrogens with zero attached hydrogens (tertiary/aromatic N) is 2. The molecule has 0 amide bonds. The fourth-order valence-corrected chi connectivity index (χ4v) is 2.15. The van der Waals surface area contributed by atoms with Crippen molar-refractivity contribution in [3.8, 4) is 12.3 Å². The summed E-state index contributed by atoms with van der Waals surface area (Å²) in [4.78, 5) is 8.31. The lowest BCUT2D eigenvalue weighted by atomic mass is 10.1. The van der Waals surface area contributed by atoms with Crippen LogP contribution in [0.4, 0.5) is 15.9 Å². The average molecular weight is 298 g/mol. The van der Waals surface area contributed by atoms with Crippen molar-refractivity contribution >= 4 is 34.0 Å². The molecule has 2 aromatic carbocycles. The molecule has 0 aliphatic heterocycles. The Morgan fingerprint density at radius 1 is 1.19 bits per heavy atom. The Hall–Kier alpha value is -2.64. The molecule has 0 radical (unpaired) electrons. The second-order valence-corrected chi connectivity index (χ2v) is 4.73. The highest BCUT2D eigenvalue weighted by Gasteiger charge is 2.09. The maximum Gasteiger partial charge on any atom is 0.165 e. The average Bonchev–Trinajstić information content (AvgIpc) is 2.51. The van der Waals surface area contributed by atoms with E-state index in [1.807, 2.05) is 0 Å². The molecule has 0 spiro atoms. The largest absolute Gasteiger partial charge is 0.337 e. The SMILES string of the molecule is C#Cc1ccc2ncnc(Nc3cccc(Cl)c3F)c2c1. The molecule has 21 heavy (non-hydrogen) atoms. The molecule has 1 aromatic heterocycles. The summed E-state index contributed by atoms with van der Waals surface area (Å²) in [6.45, 7) is 0. The topological polar surface area (TPSA) is 37.8 Å². The third-order valence-corrected chi connectivity index (χ3v) is 3.30. The zero-order valence-corrected chi connectivity index (χ0v) is 11.5. The van der Waals surface area contributed by atoms with Gasteiger partial charge in [0.05, 0.1) is 16.2 Å². The van der Waals surface area contributed by atoms with Gasteiger partial charge in [-0.05, 0) is 30.3 Å². The number of hydrogen-bond donors (Lipinski definition) is 1. The molecule has 3 rings (SSSR count). The first kappa shape index (κ1) is 13.3. The van der Waals surface area contributed by atoms with Gasteiger partial charge in [-0.25, -0.2) is 14.4 Å². The van der Waals surface area contributed by atoms with Crippen LogP contribution in [0.5, 0.6) is 0 Å². The molecule has 5 heteroatoms. The molecule has 1 heterocycles. The molecule has 1 N–H and O–H groups in total. The quantitative estimate of drug-likeness (QED) is 0.722. The molecule has 0 bridgehead atoms. The second-order valence-electron chi connectivity index (χ2n) is 4.32. The summed E-state index contributed by atoms with van der Waals surface area (Å²) < 4.78 is 14.0. The lowest BCUT2D eigenvalue weighted by Gasteiger charge is -2.10. The number of aromatic nitrogens is 2. The van der Waals surface area contributed by atoms with Crippen LogP contribution in [-0.4, -0.2) is 9.97 Å². The number of nitrogens with one attached hydrogen (secondary N) is 1. The maximum atomic E-state index is 14.0. The van der Waals surface area contributed by atoms with Gasteiger partial charge in [0.15, 0.2) is 5.82 Å². The van der Waals surface area contributed by atoms with Crippen LogP contribution in [0.2, 0.25) is 5.02 Å². The minimum atomic E-state index is -0.529. The molecule has 0 saturated carbocycles. The first-order valence-corrected chi connectivity index (χ1v) is 6.49. The minimum Gasteiger partial charge on any atom is -0.337 e. The van der Waals surface area contributed by atoms with Gasteiger partial charge < -0.3 is 5.32 Å². The van der Waals surface area contributed by atoms with E-state index in [1.54, 1.807) is 30.3 Å². The summed E-state index contributed by atoms with van der Waals surface area (Å²) in [5.41, 5.74) is 1.66.